The Labute approximate surface area is 176 Å². The van der Waals surface area contributed by atoms with Crippen LogP contribution in [0.5, 0.6) is 5.75 Å². The maximum atomic E-state index is 11.4. The van der Waals surface area contributed by atoms with Crippen molar-refractivity contribution in [2.45, 2.75) is 31.5 Å². The Morgan fingerprint density at radius 2 is 1.73 bits per heavy atom. The predicted octanol–water partition coefficient (Wildman–Crippen LogP) is 4.19. The Kier molecular flexibility index (Phi) is 4.22. The third-order valence-corrected chi connectivity index (χ3v) is 6.36. The Hall–Kier alpha value is -3.12. The summed E-state index contributed by atoms with van der Waals surface area (Å²) in [6, 6.07) is 23.9. The summed E-state index contributed by atoms with van der Waals surface area (Å²) < 4.78 is 6.74. The molecule has 2 N–H and O–H groups in total. The Balaban J connectivity index is 1.64. The van der Waals surface area contributed by atoms with Gasteiger partial charge in [-0.2, -0.15) is 5.23 Å². The molecule has 0 aromatic heterocycles. The molecule has 1 spiro atoms. The molecule has 2 atom stereocenters. The van der Waals surface area contributed by atoms with Crippen LogP contribution in [0.3, 0.4) is 0 Å². The molecule has 3 aromatic rings. The highest BCUT2D eigenvalue weighted by atomic mass is 16.8. The number of fused-ring (bicyclic) bond motifs is 2. The van der Waals surface area contributed by atoms with E-state index in [1.807, 2.05) is 12.1 Å². The highest BCUT2D eigenvalue weighted by Gasteiger charge is 2.58. The lowest BCUT2D eigenvalue weighted by Gasteiger charge is -2.47. The first-order valence-corrected chi connectivity index (χ1v) is 10.1. The van der Waals surface area contributed by atoms with Gasteiger partial charge in [-0.15, -0.1) is 0 Å². The Morgan fingerprint density at radius 1 is 1.00 bits per heavy atom. The second-order valence-corrected chi connectivity index (χ2v) is 8.40. The first-order chi connectivity index (χ1) is 14.4. The van der Waals surface area contributed by atoms with E-state index in [4.69, 9.17) is 4.74 Å². The first-order valence-electron chi connectivity index (χ1n) is 10.1. The van der Waals surface area contributed by atoms with Crippen LogP contribution in [0, 0.1) is 5.21 Å². The highest BCUT2D eigenvalue weighted by molar-refractivity contribution is 5.73. The molecule has 2 heterocycles. The summed E-state index contributed by atoms with van der Waals surface area (Å²) in [5, 5.41) is 19.8. The molecule has 0 saturated carbocycles. The summed E-state index contributed by atoms with van der Waals surface area (Å²) in [6.45, 7) is 5.11. The molecule has 2 aliphatic rings. The molecule has 0 fully saturated rings. The van der Waals surface area contributed by atoms with Gasteiger partial charge in [-0.25, -0.2) is 5.21 Å². The highest BCUT2D eigenvalue weighted by Crippen LogP contribution is 2.55. The van der Waals surface area contributed by atoms with Crippen LogP contribution in [-0.4, -0.2) is 10.9 Å². The number of anilines is 1. The lowest BCUT2D eigenvalue weighted by molar-refractivity contribution is -0.991. The molecule has 3 aromatic carbocycles. The molecule has 0 bridgehead atoms. The van der Waals surface area contributed by atoms with Crippen molar-refractivity contribution in [3.05, 3.63) is 101 Å². The van der Waals surface area contributed by atoms with E-state index in [9.17, 15) is 10.4 Å². The third kappa shape index (κ3) is 2.67. The Bertz CT molecular complexity index is 1120. The summed E-state index contributed by atoms with van der Waals surface area (Å²) in [5.41, 5.74) is 3.59. The fourth-order valence-electron chi connectivity index (χ4n) is 4.71. The van der Waals surface area contributed by atoms with Gasteiger partial charge in [0, 0.05) is 29.9 Å². The molecule has 5 nitrogen and oxygen atoms in total. The fourth-order valence-corrected chi connectivity index (χ4v) is 4.71. The number of hydrogen-bond acceptors (Lipinski definition) is 4. The van der Waals surface area contributed by atoms with Gasteiger partial charge >= 0.3 is 0 Å². The van der Waals surface area contributed by atoms with E-state index in [2.05, 4.69) is 73.4 Å². The van der Waals surface area contributed by atoms with Crippen molar-refractivity contribution in [2.24, 2.45) is 0 Å². The second kappa shape index (κ2) is 6.71. The van der Waals surface area contributed by atoms with Crippen LogP contribution in [0.4, 0.5) is 11.4 Å². The molecule has 1 unspecified atom stereocenters. The van der Waals surface area contributed by atoms with Gasteiger partial charge in [0.25, 0.3) is 0 Å². The normalized spacial score (nSPS) is 21.8. The van der Waals surface area contributed by atoms with Gasteiger partial charge in [0.15, 0.2) is 5.69 Å². The maximum absolute atomic E-state index is 11.4. The number of rotatable bonds is 3. The summed E-state index contributed by atoms with van der Waals surface area (Å²) in [5.74, 6) is 0.696. The average Bonchev–Trinajstić information content (AvgIpc) is 2.93. The van der Waals surface area contributed by atoms with Crippen LogP contribution >= 0.6 is 0 Å². The monoisotopic (exact) mass is 400 g/mol. The number of quaternary nitrogens is 1. The van der Waals surface area contributed by atoms with E-state index in [-0.39, 0.29) is 11.1 Å². The van der Waals surface area contributed by atoms with Gasteiger partial charge in [0.1, 0.15) is 5.75 Å². The molecule has 5 heteroatoms. The van der Waals surface area contributed by atoms with Crippen molar-refractivity contribution in [2.75, 3.05) is 4.90 Å². The minimum absolute atomic E-state index is 0.257. The topological polar surface area (TPSA) is 60.2 Å². The van der Waals surface area contributed by atoms with Gasteiger partial charge < -0.3 is 14.8 Å². The third-order valence-electron chi connectivity index (χ3n) is 6.36. The lowest BCUT2D eigenvalue weighted by atomic mass is 9.76. The van der Waals surface area contributed by atoms with Crippen LogP contribution < -0.4 is 14.9 Å². The molecule has 0 radical (unpaired) electrons. The zero-order chi connectivity index (χ0) is 20.9. The van der Waals surface area contributed by atoms with Gasteiger partial charge in [0.2, 0.25) is 5.72 Å². The maximum Gasteiger partial charge on any atom is 0.212 e. The van der Waals surface area contributed by atoms with Crippen molar-refractivity contribution < 1.29 is 15.2 Å². The fraction of sp³-hybridized carbons (Fsp3) is 0.200. The number of ether oxygens (including phenoxy) is 1. The predicted molar refractivity (Wildman–Crippen MR) is 117 cm³/mol. The van der Waals surface area contributed by atoms with Gasteiger partial charge in [-0.05, 0) is 49.3 Å². The largest absolute Gasteiger partial charge is 0.595 e. The molecule has 0 aliphatic carbocycles. The molecule has 0 saturated heterocycles. The molecular weight excluding hydrogens is 376 g/mol. The average molecular weight is 400 g/mol. The van der Waals surface area contributed by atoms with Gasteiger partial charge in [-0.3, -0.25) is 0 Å². The van der Waals surface area contributed by atoms with Crippen LogP contribution in [0.1, 0.15) is 30.5 Å². The molecule has 2 aliphatic heterocycles. The van der Waals surface area contributed by atoms with E-state index >= 15 is 0 Å². The minimum Gasteiger partial charge on any atom is -0.595 e. The smallest absolute Gasteiger partial charge is 0.212 e. The van der Waals surface area contributed by atoms with Crippen molar-refractivity contribution in [3.8, 4) is 5.75 Å². The zero-order valence-electron chi connectivity index (χ0n) is 17.0. The quantitative estimate of drug-likeness (QED) is 0.648. The summed E-state index contributed by atoms with van der Waals surface area (Å²) in [6.07, 6.45) is 4.08. The second-order valence-electron chi connectivity index (χ2n) is 8.40. The van der Waals surface area contributed by atoms with Crippen molar-refractivity contribution in [3.63, 3.8) is 0 Å². The zero-order valence-corrected chi connectivity index (χ0v) is 17.0. The SMILES string of the molecule is CC1(C)c2ccccc2N(Cc2ccccc2)[C@]12C=Cc1cc([NH+]([O-])O)ccc1O2. The van der Waals surface area contributed by atoms with Crippen molar-refractivity contribution >= 4 is 17.5 Å². The number of nitrogens with zero attached hydrogens (tertiary/aromatic N) is 1. The molecular formula is C25H24N2O3. The molecule has 5 rings (SSSR count). The van der Waals surface area contributed by atoms with Crippen LogP contribution in [0.2, 0.25) is 0 Å². The minimum atomic E-state index is -0.939. The van der Waals surface area contributed by atoms with E-state index in [1.54, 1.807) is 18.2 Å². The summed E-state index contributed by atoms with van der Waals surface area (Å²) in [7, 11) is 0. The number of nitrogens with one attached hydrogen (secondary N) is 1. The number of para-hydroxylation sites is 1. The molecule has 0 amide bonds. The van der Waals surface area contributed by atoms with Crippen LogP contribution in [0.25, 0.3) is 6.08 Å². The van der Waals surface area contributed by atoms with E-state index in [0.29, 0.717) is 12.3 Å². The van der Waals surface area contributed by atoms with Crippen LogP contribution in [-0.2, 0) is 12.0 Å². The number of hydrogen-bond donors (Lipinski definition) is 2. The summed E-state index contributed by atoms with van der Waals surface area (Å²) >= 11 is 0. The van der Waals surface area contributed by atoms with Gasteiger partial charge in [-0.1, -0.05) is 48.5 Å². The standard InChI is InChI=1S/C25H24N2O3/c1-24(2)21-10-6-7-11-22(21)26(17-18-8-4-3-5-9-18)25(24)15-14-19-16-20(27(28)29)12-13-23(19)30-25/h3-16,27-28H,17H2,1-2H3/t25-/m0/s1. The Morgan fingerprint density at radius 3 is 2.50 bits per heavy atom. The first kappa shape index (κ1) is 18.9. The van der Waals surface area contributed by atoms with E-state index < -0.39 is 11.0 Å². The molecule has 152 valence electrons. The summed E-state index contributed by atoms with van der Waals surface area (Å²) in [4.78, 5) is 2.32. The van der Waals surface area contributed by atoms with E-state index in [0.717, 1.165) is 11.3 Å². The van der Waals surface area contributed by atoms with Crippen molar-refractivity contribution in [1.29, 1.82) is 0 Å². The number of benzene rings is 3. The van der Waals surface area contributed by atoms with Crippen LogP contribution in [0.15, 0.2) is 78.9 Å². The van der Waals surface area contributed by atoms with E-state index in [1.165, 1.54) is 11.1 Å². The van der Waals surface area contributed by atoms with Crippen molar-refractivity contribution in [1.82, 2.24) is 0 Å². The molecule has 30 heavy (non-hydrogen) atoms. The lowest BCUT2D eigenvalue weighted by Crippen LogP contribution is -2.99. The van der Waals surface area contributed by atoms with Gasteiger partial charge in [0.05, 0.1) is 5.41 Å².